The third kappa shape index (κ3) is 6.50. The molecule has 1 aromatic heterocycles. The molecule has 1 aliphatic rings. The highest BCUT2D eigenvalue weighted by molar-refractivity contribution is 6.04. The normalized spacial score (nSPS) is 15.3. The summed E-state index contributed by atoms with van der Waals surface area (Å²) in [5.41, 5.74) is 2.23. The molecule has 0 spiro atoms. The van der Waals surface area contributed by atoms with Crippen LogP contribution >= 0.6 is 0 Å². The molecule has 4 rings (SSSR count). The Labute approximate surface area is 206 Å². The van der Waals surface area contributed by atoms with E-state index in [2.05, 4.69) is 29.4 Å². The second-order valence-electron chi connectivity index (χ2n) is 9.07. The van der Waals surface area contributed by atoms with Crippen molar-refractivity contribution < 1.29 is 18.7 Å². The summed E-state index contributed by atoms with van der Waals surface area (Å²) in [6.07, 6.45) is 2.49. The van der Waals surface area contributed by atoms with E-state index in [1.807, 2.05) is 48.5 Å². The number of amides is 2. The summed E-state index contributed by atoms with van der Waals surface area (Å²) >= 11 is 0. The van der Waals surface area contributed by atoms with Crippen LogP contribution in [0.5, 0.6) is 0 Å². The summed E-state index contributed by atoms with van der Waals surface area (Å²) in [6.45, 7) is 8.43. The molecular weight excluding hydrogens is 442 g/mol. The minimum Gasteiger partial charge on any atom is -0.451 e. The Morgan fingerprint density at radius 2 is 1.71 bits per heavy atom. The van der Waals surface area contributed by atoms with Gasteiger partial charge < -0.3 is 19.8 Å². The van der Waals surface area contributed by atoms with Gasteiger partial charge in [0.15, 0.2) is 5.76 Å². The molecule has 0 radical (unpaired) electrons. The number of morpholine rings is 1. The molecule has 0 aliphatic carbocycles. The third-order valence-corrected chi connectivity index (χ3v) is 6.84. The maximum atomic E-state index is 12.7. The number of furan rings is 1. The van der Waals surface area contributed by atoms with E-state index in [0.29, 0.717) is 36.2 Å². The second kappa shape index (κ2) is 12.0. The van der Waals surface area contributed by atoms with Crippen LogP contribution in [0.25, 0.3) is 11.0 Å². The maximum absolute atomic E-state index is 12.7. The van der Waals surface area contributed by atoms with Crippen molar-refractivity contribution in [2.45, 2.75) is 39.2 Å². The first-order valence-corrected chi connectivity index (χ1v) is 12.5. The molecule has 0 saturated carbocycles. The number of para-hydroxylation sites is 1. The van der Waals surface area contributed by atoms with Crippen molar-refractivity contribution in [3.63, 3.8) is 0 Å². The number of ether oxygens (including phenoxy) is 1. The highest BCUT2D eigenvalue weighted by Crippen LogP contribution is 2.21. The molecule has 1 fully saturated rings. The van der Waals surface area contributed by atoms with Crippen LogP contribution in [0.2, 0.25) is 0 Å². The molecule has 2 amide bonds. The predicted octanol–water partition coefficient (Wildman–Crippen LogP) is 4.48. The van der Waals surface area contributed by atoms with E-state index in [9.17, 15) is 9.59 Å². The van der Waals surface area contributed by atoms with Gasteiger partial charge in [-0.25, -0.2) is 0 Å². The Bertz CT molecular complexity index is 1080. The lowest BCUT2D eigenvalue weighted by molar-refractivity contribution is -0.121. The van der Waals surface area contributed by atoms with E-state index in [4.69, 9.17) is 9.15 Å². The number of nitrogens with one attached hydrogen (secondary N) is 2. The molecule has 3 aromatic rings. The van der Waals surface area contributed by atoms with E-state index in [1.54, 1.807) is 6.07 Å². The van der Waals surface area contributed by atoms with Crippen LogP contribution in [0.3, 0.4) is 0 Å². The fourth-order valence-electron chi connectivity index (χ4n) is 4.79. The molecule has 1 saturated heterocycles. The SMILES string of the molecule is CCC(CC)C(CNC(=O)Cc1ccc(NC(=O)c2cc3ccccc3o2)cc1)N1CCOCC1. The lowest BCUT2D eigenvalue weighted by Gasteiger charge is -2.38. The topological polar surface area (TPSA) is 83.8 Å². The summed E-state index contributed by atoms with van der Waals surface area (Å²) in [7, 11) is 0. The maximum Gasteiger partial charge on any atom is 0.291 e. The molecule has 2 N–H and O–H groups in total. The first kappa shape index (κ1) is 24.9. The van der Waals surface area contributed by atoms with Gasteiger partial charge in [-0.15, -0.1) is 0 Å². The molecule has 0 bridgehead atoms. The smallest absolute Gasteiger partial charge is 0.291 e. The Morgan fingerprint density at radius 3 is 2.40 bits per heavy atom. The zero-order valence-electron chi connectivity index (χ0n) is 20.6. The summed E-state index contributed by atoms with van der Waals surface area (Å²) in [5, 5.41) is 6.90. The molecular formula is C28H35N3O4. The van der Waals surface area contributed by atoms with Crippen LogP contribution in [0.15, 0.2) is 59.0 Å². The Morgan fingerprint density at radius 1 is 1.00 bits per heavy atom. The number of carbonyl (C=O) groups is 2. The van der Waals surface area contributed by atoms with Gasteiger partial charge in [-0.1, -0.05) is 57.0 Å². The van der Waals surface area contributed by atoms with Crippen LogP contribution in [0, 0.1) is 5.92 Å². The van der Waals surface area contributed by atoms with Gasteiger partial charge in [0.1, 0.15) is 5.58 Å². The molecule has 35 heavy (non-hydrogen) atoms. The van der Waals surface area contributed by atoms with E-state index in [1.165, 1.54) is 0 Å². The van der Waals surface area contributed by atoms with Crippen LogP contribution in [-0.2, 0) is 16.0 Å². The van der Waals surface area contributed by atoms with Gasteiger partial charge in [-0.05, 0) is 35.7 Å². The van der Waals surface area contributed by atoms with Crippen LogP contribution in [0.1, 0.15) is 42.8 Å². The van der Waals surface area contributed by atoms with Crippen molar-refractivity contribution in [3.8, 4) is 0 Å². The van der Waals surface area contributed by atoms with Gasteiger partial charge in [-0.3, -0.25) is 14.5 Å². The fourth-order valence-corrected chi connectivity index (χ4v) is 4.79. The quantitative estimate of drug-likeness (QED) is 0.450. The van der Waals surface area contributed by atoms with Gasteiger partial charge in [0.2, 0.25) is 5.91 Å². The largest absolute Gasteiger partial charge is 0.451 e. The molecule has 2 aromatic carbocycles. The summed E-state index contributed by atoms with van der Waals surface area (Å²) in [5.74, 6) is 0.514. The van der Waals surface area contributed by atoms with Gasteiger partial charge in [0, 0.05) is 36.7 Å². The van der Waals surface area contributed by atoms with Crippen LogP contribution in [-0.4, -0.2) is 55.6 Å². The number of fused-ring (bicyclic) bond motifs is 1. The number of carbonyl (C=O) groups excluding carboxylic acids is 2. The van der Waals surface area contributed by atoms with Crippen LogP contribution in [0.4, 0.5) is 5.69 Å². The highest BCUT2D eigenvalue weighted by atomic mass is 16.5. The summed E-state index contributed by atoms with van der Waals surface area (Å²) < 4.78 is 11.1. The number of benzene rings is 2. The monoisotopic (exact) mass is 477 g/mol. The highest BCUT2D eigenvalue weighted by Gasteiger charge is 2.27. The van der Waals surface area contributed by atoms with Crippen molar-refractivity contribution in [1.29, 1.82) is 0 Å². The Balaban J connectivity index is 1.30. The zero-order valence-corrected chi connectivity index (χ0v) is 20.6. The summed E-state index contributed by atoms with van der Waals surface area (Å²) in [4.78, 5) is 27.7. The third-order valence-electron chi connectivity index (χ3n) is 6.84. The first-order chi connectivity index (χ1) is 17.1. The molecule has 2 heterocycles. The Kier molecular flexibility index (Phi) is 8.55. The van der Waals surface area contributed by atoms with E-state index in [0.717, 1.165) is 50.1 Å². The number of nitrogens with zero attached hydrogens (tertiary/aromatic N) is 1. The van der Waals surface area contributed by atoms with Gasteiger partial charge in [0.25, 0.3) is 5.91 Å². The average molecular weight is 478 g/mol. The number of hydrogen-bond donors (Lipinski definition) is 2. The second-order valence-corrected chi connectivity index (χ2v) is 9.07. The predicted molar refractivity (Wildman–Crippen MR) is 138 cm³/mol. The molecule has 186 valence electrons. The summed E-state index contributed by atoms with van der Waals surface area (Å²) in [6, 6.07) is 16.9. The Hall–Kier alpha value is -3.16. The van der Waals surface area contributed by atoms with Gasteiger partial charge in [-0.2, -0.15) is 0 Å². The molecule has 1 atom stereocenters. The molecule has 7 heteroatoms. The molecule has 1 unspecified atom stereocenters. The van der Waals surface area contributed by atoms with Gasteiger partial charge >= 0.3 is 0 Å². The average Bonchev–Trinajstić information content (AvgIpc) is 3.33. The van der Waals surface area contributed by atoms with Crippen molar-refractivity contribution in [2.24, 2.45) is 5.92 Å². The van der Waals surface area contributed by atoms with Crippen molar-refractivity contribution in [2.75, 3.05) is 38.2 Å². The fraction of sp³-hybridized carbons (Fsp3) is 0.429. The number of anilines is 1. The molecule has 1 aliphatic heterocycles. The van der Waals surface area contributed by atoms with E-state index in [-0.39, 0.29) is 17.6 Å². The van der Waals surface area contributed by atoms with Crippen molar-refractivity contribution >= 4 is 28.5 Å². The first-order valence-electron chi connectivity index (χ1n) is 12.5. The van der Waals surface area contributed by atoms with Crippen molar-refractivity contribution in [3.05, 3.63) is 65.9 Å². The lowest BCUT2D eigenvalue weighted by Crippen LogP contribution is -2.52. The van der Waals surface area contributed by atoms with Crippen molar-refractivity contribution in [1.82, 2.24) is 10.2 Å². The standard InChI is InChI=1S/C28H35N3O4/c1-3-21(4-2)24(31-13-15-34-16-14-31)19-29-27(32)17-20-9-11-23(12-10-20)30-28(33)26-18-22-7-5-6-8-25(22)35-26/h5-12,18,21,24H,3-4,13-17,19H2,1-2H3,(H,29,32)(H,30,33). The molecule has 7 nitrogen and oxygen atoms in total. The number of hydrogen-bond acceptors (Lipinski definition) is 5. The van der Waals surface area contributed by atoms with E-state index < -0.39 is 0 Å². The van der Waals surface area contributed by atoms with Gasteiger partial charge in [0.05, 0.1) is 19.6 Å². The number of rotatable bonds is 10. The minimum atomic E-state index is -0.303. The lowest BCUT2D eigenvalue weighted by atomic mass is 9.92. The van der Waals surface area contributed by atoms with Crippen LogP contribution < -0.4 is 10.6 Å². The zero-order chi connectivity index (χ0) is 24.6. The van der Waals surface area contributed by atoms with E-state index >= 15 is 0 Å². The minimum absolute atomic E-state index is 0.00766.